The van der Waals surface area contributed by atoms with Crippen LogP contribution >= 0.6 is 11.3 Å². The number of alkyl halides is 3. The van der Waals surface area contributed by atoms with E-state index in [1.165, 1.54) is 30.3 Å². The summed E-state index contributed by atoms with van der Waals surface area (Å²) in [4.78, 5) is 11.6. The molecule has 0 bridgehead atoms. The van der Waals surface area contributed by atoms with Gasteiger partial charge >= 0.3 is 6.18 Å². The monoisotopic (exact) mass is 440 g/mol. The van der Waals surface area contributed by atoms with E-state index < -0.39 is 27.0 Å². The summed E-state index contributed by atoms with van der Waals surface area (Å²) in [7, 11) is -3.51. The Labute approximate surface area is 169 Å². The van der Waals surface area contributed by atoms with Crippen LogP contribution in [0.15, 0.2) is 60.7 Å². The minimum atomic E-state index is -4.60. The van der Waals surface area contributed by atoms with Crippen LogP contribution in [-0.4, -0.2) is 20.6 Å². The molecule has 3 aromatic rings. The van der Waals surface area contributed by atoms with Crippen molar-refractivity contribution < 1.29 is 26.4 Å². The van der Waals surface area contributed by atoms with E-state index in [2.05, 4.69) is 10.0 Å². The normalized spacial score (nSPS) is 11.9. The smallest absolute Gasteiger partial charge is 0.321 e. The maximum atomic E-state index is 13.5. The summed E-state index contributed by atoms with van der Waals surface area (Å²) in [5.74, 6) is -0.723. The van der Waals surface area contributed by atoms with Gasteiger partial charge in [-0.2, -0.15) is 13.2 Å². The van der Waals surface area contributed by atoms with Gasteiger partial charge in [-0.3, -0.25) is 9.52 Å². The number of amides is 1. The van der Waals surface area contributed by atoms with Crippen molar-refractivity contribution in [3.63, 3.8) is 0 Å². The van der Waals surface area contributed by atoms with E-state index in [0.717, 1.165) is 6.26 Å². The number of carbonyl (C=O) groups is 1. The minimum absolute atomic E-state index is 0.0688. The molecule has 0 saturated heterocycles. The molecule has 0 aliphatic heterocycles. The highest BCUT2D eigenvalue weighted by Crippen LogP contribution is 2.42. The van der Waals surface area contributed by atoms with Crippen LogP contribution in [0.1, 0.15) is 14.5 Å². The fourth-order valence-electron chi connectivity index (χ4n) is 2.61. The summed E-state index contributed by atoms with van der Waals surface area (Å²) in [6, 6.07) is 15.1. The van der Waals surface area contributed by atoms with Crippen LogP contribution in [0.4, 0.5) is 24.5 Å². The van der Waals surface area contributed by atoms with Gasteiger partial charge in [0.1, 0.15) is 4.88 Å². The van der Waals surface area contributed by atoms with Crippen LogP contribution in [0, 0.1) is 0 Å². The molecule has 0 spiro atoms. The van der Waals surface area contributed by atoms with Crippen molar-refractivity contribution in [3.05, 3.63) is 70.4 Å². The fourth-order valence-corrected chi connectivity index (χ4v) is 4.11. The number of benzene rings is 2. The van der Waals surface area contributed by atoms with Crippen molar-refractivity contribution in [1.29, 1.82) is 0 Å². The van der Waals surface area contributed by atoms with Gasteiger partial charge in [0.15, 0.2) is 0 Å². The Morgan fingerprint density at radius 2 is 1.62 bits per heavy atom. The Morgan fingerprint density at radius 3 is 2.24 bits per heavy atom. The molecule has 1 amide bonds. The van der Waals surface area contributed by atoms with Gasteiger partial charge in [-0.05, 0) is 29.8 Å². The number of hydrogen-bond acceptors (Lipinski definition) is 4. The molecule has 0 saturated carbocycles. The molecule has 1 aromatic heterocycles. The van der Waals surface area contributed by atoms with E-state index in [1.54, 1.807) is 30.3 Å². The number of carbonyl (C=O) groups excluding carboxylic acids is 1. The predicted molar refractivity (Wildman–Crippen MR) is 108 cm³/mol. The van der Waals surface area contributed by atoms with Gasteiger partial charge in [0.2, 0.25) is 10.0 Å². The molecular formula is C19H15F3N2O3S2. The lowest BCUT2D eigenvalue weighted by Crippen LogP contribution is -2.12. The molecule has 2 aromatic carbocycles. The van der Waals surface area contributed by atoms with Crippen molar-refractivity contribution >= 4 is 38.6 Å². The van der Waals surface area contributed by atoms with Gasteiger partial charge in [-0.25, -0.2) is 8.42 Å². The SMILES string of the molecule is CS(=O)(=O)Nc1cccc(NC(=O)c2cc(-c3ccccc3)c(C(F)(F)F)s2)c1. The maximum absolute atomic E-state index is 13.5. The second-order valence-electron chi connectivity index (χ2n) is 6.13. The lowest BCUT2D eigenvalue weighted by molar-refractivity contribution is -0.133. The van der Waals surface area contributed by atoms with E-state index >= 15 is 0 Å². The Hall–Kier alpha value is -2.85. The van der Waals surface area contributed by atoms with Gasteiger partial charge in [-0.1, -0.05) is 36.4 Å². The average molecular weight is 440 g/mol. The standard InChI is InChI=1S/C19H15F3N2O3S2/c1-29(26,27)24-14-9-5-8-13(10-14)23-18(25)16-11-15(12-6-3-2-4-7-12)17(28-16)19(20,21)22/h2-11,24H,1H3,(H,23,25). The van der Waals surface area contributed by atoms with Gasteiger partial charge < -0.3 is 5.32 Å². The fraction of sp³-hybridized carbons (Fsp3) is 0.105. The molecule has 0 aliphatic carbocycles. The number of hydrogen-bond donors (Lipinski definition) is 2. The van der Waals surface area contributed by atoms with Crippen LogP contribution in [0.5, 0.6) is 0 Å². The van der Waals surface area contributed by atoms with Crippen molar-refractivity contribution in [2.24, 2.45) is 0 Å². The third kappa shape index (κ3) is 5.36. The largest absolute Gasteiger partial charge is 0.426 e. The molecule has 152 valence electrons. The molecule has 0 aliphatic rings. The van der Waals surface area contributed by atoms with E-state index in [9.17, 15) is 26.4 Å². The van der Waals surface area contributed by atoms with Gasteiger partial charge in [0.05, 0.1) is 16.8 Å². The second-order valence-corrected chi connectivity index (χ2v) is 8.93. The lowest BCUT2D eigenvalue weighted by Gasteiger charge is -2.07. The quantitative estimate of drug-likeness (QED) is 0.583. The van der Waals surface area contributed by atoms with Gasteiger partial charge in [0, 0.05) is 11.3 Å². The average Bonchev–Trinajstić information content (AvgIpc) is 3.07. The van der Waals surface area contributed by atoms with E-state index in [1.807, 2.05) is 0 Å². The van der Waals surface area contributed by atoms with Crippen molar-refractivity contribution in [2.45, 2.75) is 6.18 Å². The molecule has 0 atom stereocenters. The van der Waals surface area contributed by atoms with Crippen LogP contribution < -0.4 is 10.0 Å². The lowest BCUT2D eigenvalue weighted by atomic mass is 10.1. The number of sulfonamides is 1. The number of anilines is 2. The first kappa shape index (κ1) is 20.9. The second kappa shape index (κ2) is 7.88. The molecule has 0 fully saturated rings. The van der Waals surface area contributed by atoms with Crippen LogP contribution in [0.25, 0.3) is 11.1 Å². The zero-order chi connectivity index (χ0) is 21.2. The Morgan fingerprint density at radius 1 is 0.966 bits per heavy atom. The first-order valence-electron chi connectivity index (χ1n) is 8.18. The molecule has 1 heterocycles. The number of rotatable bonds is 5. The highest BCUT2D eigenvalue weighted by atomic mass is 32.2. The van der Waals surface area contributed by atoms with Crippen LogP contribution in [0.2, 0.25) is 0 Å². The zero-order valence-electron chi connectivity index (χ0n) is 14.9. The molecule has 3 rings (SSSR count). The summed E-state index contributed by atoms with van der Waals surface area (Å²) < 4.78 is 65.3. The summed E-state index contributed by atoms with van der Waals surface area (Å²) in [5.41, 5.74) is 0.750. The van der Waals surface area contributed by atoms with Crippen molar-refractivity contribution in [1.82, 2.24) is 0 Å². The van der Waals surface area contributed by atoms with E-state index in [-0.39, 0.29) is 21.8 Å². The molecule has 0 radical (unpaired) electrons. The summed E-state index contributed by atoms with van der Waals surface area (Å²) >= 11 is 0.354. The van der Waals surface area contributed by atoms with Crippen molar-refractivity contribution in [2.75, 3.05) is 16.3 Å². The first-order chi connectivity index (χ1) is 13.5. The van der Waals surface area contributed by atoms with Gasteiger partial charge in [0.25, 0.3) is 5.91 Å². The third-order valence-corrected chi connectivity index (χ3v) is 5.51. The summed E-state index contributed by atoms with van der Waals surface area (Å²) in [5, 5.41) is 2.50. The third-order valence-electron chi connectivity index (χ3n) is 3.72. The molecule has 5 nitrogen and oxygen atoms in total. The van der Waals surface area contributed by atoms with Crippen LogP contribution in [-0.2, 0) is 16.2 Å². The molecule has 10 heteroatoms. The zero-order valence-corrected chi connectivity index (χ0v) is 16.6. The molecule has 2 N–H and O–H groups in total. The number of halogens is 3. The van der Waals surface area contributed by atoms with Gasteiger partial charge in [-0.15, -0.1) is 11.3 Å². The molecular weight excluding hydrogens is 425 g/mol. The highest BCUT2D eigenvalue weighted by Gasteiger charge is 2.37. The summed E-state index contributed by atoms with van der Waals surface area (Å²) in [6.07, 6.45) is -3.62. The maximum Gasteiger partial charge on any atom is 0.426 e. The van der Waals surface area contributed by atoms with Crippen molar-refractivity contribution in [3.8, 4) is 11.1 Å². The molecule has 29 heavy (non-hydrogen) atoms. The number of thiophene rings is 1. The molecule has 0 unspecified atom stereocenters. The Bertz CT molecular complexity index is 1140. The van der Waals surface area contributed by atoms with E-state index in [0.29, 0.717) is 16.9 Å². The van der Waals surface area contributed by atoms with E-state index in [4.69, 9.17) is 0 Å². The predicted octanol–water partition coefficient (Wildman–Crippen LogP) is 5.06. The topological polar surface area (TPSA) is 75.3 Å². The highest BCUT2D eigenvalue weighted by molar-refractivity contribution is 7.92. The summed E-state index contributed by atoms with van der Waals surface area (Å²) in [6.45, 7) is 0. The Kier molecular flexibility index (Phi) is 5.67. The van der Waals surface area contributed by atoms with Crippen LogP contribution in [0.3, 0.4) is 0 Å². The number of nitrogens with one attached hydrogen (secondary N) is 2. The first-order valence-corrected chi connectivity index (χ1v) is 10.9. The minimum Gasteiger partial charge on any atom is -0.321 e. The Balaban J connectivity index is 1.91.